The largest absolute Gasteiger partial charge is 0.475 e. The maximum atomic E-state index is 11.9. The number of nitrogens with one attached hydrogen (secondary N) is 1. The molecule has 0 fully saturated rings. The lowest BCUT2D eigenvalue weighted by Gasteiger charge is -2.14. The molecule has 2 rings (SSSR count). The molecule has 116 valence electrons. The van der Waals surface area contributed by atoms with Crippen LogP contribution < -0.4 is 9.62 Å². The fraction of sp³-hybridized carbons (Fsp3) is 0.143. The zero-order chi connectivity index (χ0) is 16.1. The SMILES string of the molecule is O=C(O)c1cc(N(S)C(=O)NCCc2cccc(Cl)c2)co1. The Morgan fingerprint density at radius 3 is 2.77 bits per heavy atom. The van der Waals surface area contributed by atoms with Gasteiger partial charge in [0.2, 0.25) is 5.76 Å². The number of carboxylic acid groups (broad SMARTS) is 1. The van der Waals surface area contributed by atoms with E-state index in [2.05, 4.69) is 18.1 Å². The van der Waals surface area contributed by atoms with Crippen molar-refractivity contribution in [3.63, 3.8) is 0 Å². The number of furan rings is 1. The Balaban J connectivity index is 1.87. The van der Waals surface area contributed by atoms with Crippen LogP contribution in [0.5, 0.6) is 0 Å². The van der Waals surface area contributed by atoms with E-state index in [9.17, 15) is 9.59 Å². The van der Waals surface area contributed by atoms with Gasteiger partial charge in [0, 0.05) is 17.6 Å². The van der Waals surface area contributed by atoms with Crippen LogP contribution in [0.3, 0.4) is 0 Å². The van der Waals surface area contributed by atoms with Crippen molar-refractivity contribution in [3.8, 4) is 0 Å². The molecule has 0 saturated carbocycles. The summed E-state index contributed by atoms with van der Waals surface area (Å²) in [6, 6.07) is 8.07. The molecular weight excluding hydrogens is 328 g/mol. The normalized spacial score (nSPS) is 10.3. The highest BCUT2D eigenvalue weighted by molar-refractivity contribution is 7.82. The van der Waals surface area contributed by atoms with E-state index in [1.807, 2.05) is 18.2 Å². The molecule has 1 aromatic carbocycles. The predicted molar refractivity (Wildman–Crippen MR) is 85.7 cm³/mol. The summed E-state index contributed by atoms with van der Waals surface area (Å²) >= 11 is 9.90. The summed E-state index contributed by atoms with van der Waals surface area (Å²) in [7, 11) is 0. The number of thiol groups is 1. The van der Waals surface area contributed by atoms with Crippen LogP contribution in [0.15, 0.2) is 41.0 Å². The van der Waals surface area contributed by atoms with E-state index in [1.165, 1.54) is 6.07 Å². The summed E-state index contributed by atoms with van der Waals surface area (Å²) < 4.78 is 5.78. The maximum Gasteiger partial charge on any atom is 0.371 e. The molecule has 0 saturated heterocycles. The van der Waals surface area contributed by atoms with Gasteiger partial charge in [0.05, 0.1) is 5.69 Å². The minimum atomic E-state index is -1.21. The van der Waals surface area contributed by atoms with Crippen LogP contribution in [0.1, 0.15) is 16.1 Å². The van der Waals surface area contributed by atoms with Crippen LogP contribution >= 0.6 is 24.4 Å². The summed E-state index contributed by atoms with van der Waals surface area (Å²) in [6.45, 7) is 0.389. The number of nitrogens with zero attached hydrogens (tertiary/aromatic N) is 1. The van der Waals surface area contributed by atoms with E-state index in [0.717, 1.165) is 16.1 Å². The van der Waals surface area contributed by atoms with E-state index in [4.69, 9.17) is 21.1 Å². The predicted octanol–water partition coefficient (Wildman–Crippen LogP) is 3.23. The number of urea groups is 1. The molecule has 0 unspecified atom stereocenters. The van der Waals surface area contributed by atoms with Crippen LogP contribution in [0.4, 0.5) is 10.5 Å². The molecule has 2 amide bonds. The van der Waals surface area contributed by atoms with Gasteiger partial charge in [-0.25, -0.2) is 13.9 Å². The summed E-state index contributed by atoms with van der Waals surface area (Å²) in [5.74, 6) is -1.48. The minimum Gasteiger partial charge on any atom is -0.475 e. The maximum absolute atomic E-state index is 11.9. The third-order valence-corrected chi connectivity index (χ3v) is 3.46. The highest BCUT2D eigenvalue weighted by Crippen LogP contribution is 2.20. The molecule has 0 aliphatic carbocycles. The summed E-state index contributed by atoms with van der Waals surface area (Å²) in [4.78, 5) is 22.6. The number of carbonyl (C=O) groups excluding carboxylic acids is 1. The zero-order valence-corrected chi connectivity index (χ0v) is 13.0. The zero-order valence-electron chi connectivity index (χ0n) is 11.3. The highest BCUT2D eigenvalue weighted by Gasteiger charge is 2.17. The molecular formula is C14H13ClN2O4S. The second kappa shape index (κ2) is 7.24. The highest BCUT2D eigenvalue weighted by atomic mass is 35.5. The molecule has 2 N–H and O–H groups in total. The Kier molecular flexibility index (Phi) is 5.35. The van der Waals surface area contributed by atoms with E-state index in [0.29, 0.717) is 18.0 Å². The van der Waals surface area contributed by atoms with Crippen molar-refractivity contribution in [2.75, 3.05) is 10.8 Å². The first-order chi connectivity index (χ1) is 10.5. The van der Waals surface area contributed by atoms with Gasteiger partial charge >= 0.3 is 12.0 Å². The van der Waals surface area contributed by atoms with Gasteiger partial charge in [-0.2, -0.15) is 0 Å². The number of carboxylic acids is 1. The molecule has 2 aromatic rings. The minimum absolute atomic E-state index is 0.237. The van der Waals surface area contributed by atoms with E-state index in [1.54, 1.807) is 6.07 Å². The Morgan fingerprint density at radius 2 is 2.14 bits per heavy atom. The van der Waals surface area contributed by atoms with Crippen molar-refractivity contribution in [2.24, 2.45) is 0 Å². The third kappa shape index (κ3) is 4.19. The lowest BCUT2D eigenvalue weighted by molar-refractivity contribution is 0.0662. The van der Waals surface area contributed by atoms with Gasteiger partial charge in [0.15, 0.2) is 0 Å². The molecule has 0 spiro atoms. The number of aromatic carboxylic acids is 1. The average molecular weight is 341 g/mol. The topological polar surface area (TPSA) is 82.8 Å². The third-order valence-electron chi connectivity index (χ3n) is 2.81. The molecule has 8 heteroatoms. The Hall–Kier alpha value is -2.12. The van der Waals surface area contributed by atoms with Crippen LogP contribution in [0.25, 0.3) is 0 Å². The first-order valence-corrected chi connectivity index (χ1v) is 7.08. The van der Waals surface area contributed by atoms with Crippen LogP contribution in [-0.2, 0) is 6.42 Å². The number of amides is 2. The average Bonchev–Trinajstić information content (AvgIpc) is 2.96. The lowest BCUT2D eigenvalue weighted by atomic mass is 10.1. The molecule has 1 aromatic heterocycles. The molecule has 0 atom stereocenters. The number of rotatable bonds is 5. The number of hydrogen-bond donors (Lipinski definition) is 3. The van der Waals surface area contributed by atoms with Gasteiger partial charge in [-0.05, 0) is 24.1 Å². The molecule has 6 nitrogen and oxygen atoms in total. The van der Waals surface area contributed by atoms with E-state index < -0.39 is 12.0 Å². The van der Waals surface area contributed by atoms with Crippen LogP contribution in [0.2, 0.25) is 5.02 Å². The molecule has 0 aliphatic rings. The van der Waals surface area contributed by atoms with Crippen LogP contribution in [0, 0.1) is 0 Å². The molecule has 22 heavy (non-hydrogen) atoms. The summed E-state index contributed by atoms with van der Waals surface area (Å²) in [6.07, 6.45) is 1.76. The second-order valence-corrected chi connectivity index (χ2v) is 5.23. The number of carbonyl (C=O) groups is 2. The first-order valence-electron chi connectivity index (χ1n) is 6.30. The fourth-order valence-corrected chi connectivity index (χ4v) is 2.14. The van der Waals surface area contributed by atoms with Gasteiger partial charge in [-0.1, -0.05) is 36.5 Å². The lowest BCUT2D eigenvalue weighted by Crippen LogP contribution is -2.35. The van der Waals surface area contributed by atoms with Crippen molar-refractivity contribution in [3.05, 3.63) is 52.9 Å². The van der Waals surface area contributed by atoms with Crippen molar-refractivity contribution in [2.45, 2.75) is 6.42 Å². The molecule has 0 bridgehead atoms. The fourth-order valence-electron chi connectivity index (χ4n) is 1.75. The van der Waals surface area contributed by atoms with Gasteiger partial charge in [0.1, 0.15) is 6.26 Å². The Labute approximate surface area is 137 Å². The molecule has 0 radical (unpaired) electrons. The number of halogens is 1. The van der Waals surface area contributed by atoms with Crippen LogP contribution in [-0.4, -0.2) is 23.7 Å². The number of hydrogen-bond acceptors (Lipinski definition) is 4. The summed E-state index contributed by atoms with van der Waals surface area (Å²) in [5.41, 5.74) is 1.23. The Morgan fingerprint density at radius 1 is 1.36 bits per heavy atom. The van der Waals surface area contributed by atoms with Crippen molar-refractivity contribution >= 4 is 42.1 Å². The van der Waals surface area contributed by atoms with Gasteiger partial charge in [0.25, 0.3) is 0 Å². The molecule has 1 heterocycles. The number of benzene rings is 1. The van der Waals surface area contributed by atoms with Crippen molar-refractivity contribution < 1.29 is 19.1 Å². The first kappa shape index (κ1) is 16.3. The van der Waals surface area contributed by atoms with Gasteiger partial charge < -0.3 is 14.8 Å². The van der Waals surface area contributed by atoms with Gasteiger partial charge in [-0.15, -0.1) is 0 Å². The van der Waals surface area contributed by atoms with E-state index >= 15 is 0 Å². The Bertz CT molecular complexity index is 689. The summed E-state index contributed by atoms with van der Waals surface area (Å²) in [5, 5.41) is 12.1. The van der Waals surface area contributed by atoms with Crippen molar-refractivity contribution in [1.82, 2.24) is 5.32 Å². The second-order valence-electron chi connectivity index (χ2n) is 4.40. The van der Waals surface area contributed by atoms with Gasteiger partial charge in [-0.3, -0.25) is 0 Å². The van der Waals surface area contributed by atoms with Crippen molar-refractivity contribution in [1.29, 1.82) is 0 Å². The standard InChI is InChI=1S/C14H13ClN2O4S/c15-10-3-1-2-9(6-10)4-5-16-14(20)17(22)11-7-12(13(18)19)21-8-11/h1-3,6-8,22H,4-5H2,(H,16,20)(H,18,19). The van der Waals surface area contributed by atoms with E-state index in [-0.39, 0.29) is 11.4 Å². The monoisotopic (exact) mass is 340 g/mol. The quantitative estimate of drug-likeness (QED) is 0.730. The number of anilines is 1. The molecule has 0 aliphatic heterocycles. The smallest absolute Gasteiger partial charge is 0.371 e.